The van der Waals surface area contributed by atoms with Crippen molar-refractivity contribution in [1.82, 2.24) is 9.97 Å². The molecule has 0 fully saturated rings. The maximum atomic E-state index is 5.02. The fourth-order valence-electron chi connectivity index (χ4n) is 8.07. The van der Waals surface area contributed by atoms with Gasteiger partial charge in [-0.3, -0.25) is 9.97 Å². The van der Waals surface area contributed by atoms with Crippen molar-refractivity contribution >= 4 is 27.8 Å². The predicted octanol–water partition coefficient (Wildman–Crippen LogP) is 14.9. The second-order valence-electron chi connectivity index (χ2n) is 15.5. The molecule has 0 amide bonds. The summed E-state index contributed by atoms with van der Waals surface area (Å²) in [5, 5.41) is 2.49. The Morgan fingerprint density at radius 2 is 1.07 bits per heavy atom. The van der Waals surface area contributed by atoms with Crippen LogP contribution in [0.3, 0.4) is 0 Å². The van der Waals surface area contributed by atoms with Crippen molar-refractivity contribution in [2.75, 3.05) is 4.90 Å². The molecule has 3 nitrogen and oxygen atoms in total. The molecular weight excluding hydrogens is 703 g/mol. The first-order valence-electron chi connectivity index (χ1n) is 20.1. The van der Waals surface area contributed by atoms with Crippen molar-refractivity contribution < 1.29 is 0 Å². The van der Waals surface area contributed by atoms with Crippen LogP contribution in [0.5, 0.6) is 0 Å². The second-order valence-corrected chi connectivity index (χ2v) is 15.5. The van der Waals surface area contributed by atoms with E-state index in [4.69, 9.17) is 9.97 Å². The molecule has 0 aliphatic carbocycles. The van der Waals surface area contributed by atoms with E-state index in [-0.39, 0.29) is 0 Å². The maximum absolute atomic E-state index is 5.02. The molecule has 0 unspecified atom stereocenters. The lowest BCUT2D eigenvalue weighted by Gasteiger charge is -2.29. The zero-order valence-electron chi connectivity index (χ0n) is 33.2. The molecule has 58 heavy (non-hydrogen) atoms. The third kappa shape index (κ3) is 7.55. The van der Waals surface area contributed by atoms with Crippen LogP contribution in [0.15, 0.2) is 200 Å². The average Bonchev–Trinajstić information content (AvgIpc) is 3.28. The van der Waals surface area contributed by atoms with Crippen molar-refractivity contribution in [3.63, 3.8) is 0 Å². The normalized spacial score (nSPS) is 11.2. The van der Waals surface area contributed by atoms with Crippen molar-refractivity contribution in [1.29, 1.82) is 0 Å². The fourth-order valence-corrected chi connectivity index (χ4v) is 8.07. The number of hydrogen-bond acceptors (Lipinski definition) is 3. The molecule has 7 aromatic carbocycles. The van der Waals surface area contributed by atoms with Gasteiger partial charge in [-0.15, -0.1) is 0 Å². The van der Waals surface area contributed by atoms with Gasteiger partial charge in [0.1, 0.15) is 0 Å². The Kier molecular flexibility index (Phi) is 10.2. The van der Waals surface area contributed by atoms with Crippen LogP contribution in [0.1, 0.15) is 25.0 Å². The van der Waals surface area contributed by atoms with E-state index in [0.29, 0.717) is 5.92 Å². The summed E-state index contributed by atoms with van der Waals surface area (Å²) < 4.78 is 0. The standard InChI is InChI=1S/C55H45N3/c1-38(2)31-44-28-29-55(51-22-11-10-21-50(44)51)58(49-34-46(41-17-8-5-9-18-41)32-47(35-49)53-23-12-13-30-56-53)48-20-14-19-45(33-48)54-36-52(39(3)37-57-54)43-26-24-42(25-27-43)40-15-6-4-7-16-40/h4-30,32-38H,31H2,1-3H3. The van der Waals surface area contributed by atoms with Crippen LogP contribution in [0.25, 0.3) is 66.7 Å². The molecule has 2 heterocycles. The minimum Gasteiger partial charge on any atom is -0.310 e. The van der Waals surface area contributed by atoms with E-state index in [2.05, 4.69) is 208 Å². The molecule has 9 aromatic rings. The zero-order valence-corrected chi connectivity index (χ0v) is 33.2. The Bertz CT molecular complexity index is 2770. The smallest absolute Gasteiger partial charge is 0.0709 e. The highest BCUT2D eigenvalue weighted by Crippen LogP contribution is 2.44. The van der Waals surface area contributed by atoms with Crippen LogP contribution in [0, 0.1) is 12.8 Å². The highest BCUT2D eigenvalue weighted by Gasteiger charge is 2.20. The van der Waals surface area contributed by atoms with E-state index in [0.717, 1.165) is 62.7 Å². The number of aryl methyl sites for hydroxylation is 1. The molecule has 0 spiro atoms. The Morgan fingerprint density at radius 1 is 0.448 bits per heavy atom. The highest BCUT2D eigenvalue weighted by atomic mass is 15.1. The average molecular weight is 748 g/mol. The van der Waals surface area contributed by atoms with Gasteiger partial charge in [0.25, 0.3) is 0 Å². The van der Waals surface area contributed by atoms with Crippen molar-refractivity contribution in [3.05, 3.63) is 212 Å². The van der Waals surface area contributed by atoms with Gasteiger partial charge >= 0.3 is 0 Å². The maximum Gasteiger partial charge on any atom is 0.0709 e. The number of nitrogens with zero attached hydrogens (tertiary/aromatic N) is 3. The molecule has 280 valence electrons. The lowest BCUT2D eigenvalue weighted by atomic mass is 9.94. The molecule has 0 atom stereocenters. The lowest BCUT2D eigenvalue weighted by molar-refractivity contribution is 0.650. The van der Waals surface area contributed by atoms with E-state index >= 15 is 0 Å². The molecule has 2 aromatic heterocycles. The monoisotopic (exact) mass is 747 g/mol. The Morgan fingerprint density at radius 3 is 1.79 bits per heavy atom. The van der Waals surface area contributed by atoms with Crippen LogP contribution in [0.4, 0.5) is 17.1 Å². The molecule has 0 radical (unpaired) electrons. The summed E-state index contributed by atoms with van der Waals surface area (Å²) in [7, 11) is 0. The number of rotatable bonds is 10. The minimum atomic E-state index is 0.541. The van der Waals surface area contributed by atoms with Gasteiger partial charge in [-0.05, 0) is 124 Å². The molecule has 0 N–H and O–H groups in total. The summed E-state index contributed by atoms with van der Waals surface area (Å²) in [5.41, 5.74) is 16.7. The SMILES string of the molecule is Cc1cnc(-c2cccc(N(c3cc(-c4ccccc4)cc(-c4ccccn4)c3)c3ccc(CC(C)C)c4ccccc34)c2)cc1-c1ccc(-c2ccccc2)cc1. The molecule has 0 aliphatic heterocycles. The Labute approximate surface area is 342 Å². The predicted molar refractivity (Wildman–Crippen MR) is 245 cm³/mol. The van der Waals surface area contributed by atoms with Crippen LogP contribution in [0.2, 0.25) is 0 Å². The number of benzene rings is 7. The molecule has 3 heteroatoms. The third-order valence-corrected chi connectivity index (χ3v) is 10.9. The van der Waals surface area contributed by atoms with E-state index in [9.17, 15) is 0 Å². The van der Waals surface area contributed by atoms with E-state index in [1.54, 1.807) is 0 Å². The fraction of sp³-hybridized carbons (Fsp3) is 0.0909. The van der Waals surface area contributed by atoms with Gasteiger partial charge in [0.2, 0.25) is 0 Å². The summed E-state index contributed by atoms with van der Waals surface area (Å²) in [6.45, 7) is 6.72. The van der Waals surface area contributed by atoms with Gasteiger partial charge in [-0.25, -0.2) is 0 Å². The second kappa shape index (κ2) is 16.2. The Balaban J connectivity index is 1.21. The summed E-state index contributed by atoms with van der Waals surface area (Å²) in [4.78, 5) is 12.2. The summed E-state index contributed by atoms with van der Waals surface area (Å²) in [6.07, 6.45) is 4.89. The van der Waals surface area contributed by atoms with Gasteiger partial charge in [0.05, 0.1) is 17.1 Å². The van der Waals surface area contributed by atoms with Crippen molar-refractivity contribution in [2.45, 2.75) is 27.2 Å². The number of fused-ring (bicyclic) bond motifs is 1. The topological polar surface area (TPSA) is 29.0 Å². The van der Waals surface area contributed by atoms with Crippen LogP contribution >= 0.6 is 0 Å². The first-order valence-corrected chi connectivity index (χ1v) is 20.1. The van der Waals surface area contributed by atoms with E-state index < -0.39 is 0 Å². The molecular formula is C55H45N3. The van der Waals surface area contributed by atoms with Crippen LogP contribution < -0.4 is 4.90 Å². The van der Waals surface area contributed by atoms with Gasteiger partial charge in [-0.2, -0.15) is 0 Å². The molecule has 0 aliphatic rings. The number of pyridine rings is 2. The first-order chi connectivity index (χ1) is 28.5. The third-order valence-electron chi connectivity index (χ3n) is 10.9. The summed E-state index contributed by atoms with van der Waals surface area (Å²) >= 11 is 0. The Hall–Kier alpha value is -7.10. The van der Waals surface area contributed by atoms with Gasteiger partial charge in [0.15, 0.2) is 0 Å². The van der Waals surface area contributed by atoms with Crippen molar-refractivity contribution in [3.8, 4) is 55.9 Å². The first kappa shape index (κ1) is 36.5. The molecule has 0 saturated heterocycles. The number of aromatic nitrogens is 2. The lowest BCUT2D eigenvalue weighted by Crippen LogP contribution is -2.12. The highest BCUT2D eigenvalue weighted by molar-refractivity contribution is 6.01. The van der Waals surface area contributed by atoms with Gasteiger partial charge in [0, 0.05) is 40.3 Å². The van der Waals surface area contributed by atoms with E-state index in [1.165, 1.54) is 38.6 Å². The number of anilines is 3. The van der Waals surface area contributed by atoms with Gasteiger partial charge < -0.3 is 4.90 Å². The molecule has 9 rings (SSSR count). The van der Waals surface area contributed by atoms with Crippen LogP contribution in [-0.2, 0) is 6.42 Å². The van der Waals surface area contributed by atoms with E-state index in [1.807, 2.05) is 18.5 Å². The zero-order chi connectivity index (χ0) is 39.4. The molecule has 0 bridgehead atoms. The van der Waals surface area contributed by atoms with Crippen molar-refractivity contribution in [2.24, 2.45) is 5.92 Å². The van der Waals surface area contributed by atoms with Crippen LogP contribution in [-0.4, -0.2) is 9.97 Å². The summed E-state index contributed by atoms with van der Waals surface area (Å²) in [5.74, 6) is 0.541. The summed E-state index contributed by atoms with van der Waals surface area (Å²) in [6, 6.07) is 67.5. The molecule has 0 saturated carbocycles. The number of hydrogen-bond donors (Lipinski definition) is 0. The minimum absolute atomic E-state index is 0.541. The largest absolute Gasteiger partial charge is 0.310 e. The van der Waals surface area contributed by atoms with Gasteiger partial charge in [-0.1, -0.05) is 147 Å². The quantitative estimate of drug-likeness (QED) is 0.139.